The summed E-state index contributed by atoms with van der Waals surface area (Å²) in [6.07, 6.45) is 2.02. The van der Waals surface area contributed by atoms with E-state index in [1.165, 1.54) is 0 Å². The molecule has 1 amide bonds. The number of H-pyrrole nitrogens is 1. The highest BCUT2D eigenvalue weighted by Crippen LogP contribution is 2.15. The molecule has 0 spiro atoms. The number of aromatic nitrogens is 4. The Balaban J connectivity index is 1.67. The van der Waals surface area contributed by atoms with Crippen molar-refractivity contribution >= 4 is 5.91 Å². The molecule has 2 heterocycles. The topological polar surface area (TPSA) is 92.8 Å². The van der Waals surface area contributed by atoms with Crippen LogP contribution in [0.1, 0.15) is 23.5 Å². The summed E-state index contributed by atoms with van der Waals surface area (Å²) in [6, 6.07) is 0. The number of hydrogen-bond acceptors (Lipinski definition) is 5. The number of hydrogen-bond donors (Lipinski definition) is 2. The van der Waals surface area contributed by atoms with Crippen LogP contribution in [0.25, 0.3) is 0 Å². The number of aromatic amines is 1. The number of carbonyl (C=O) groups excluding carboxylic acids is 1. The van der Waals surface area contributed by atoms with Crippen molar-refractivity contribution in [3.8, 4) is 0 Å². The van der Waals surface area contributed by atoms with Crippen LogP contribution in [-0.2, 0) is 4.74 Å². The Labute approximate surface area is 86.6 Å². The Hall–Kier alpha value is -1.50. The lowest BCUT2D eigenvalue weighted by Gasteiger charge is -2.06. The molecule has 2 N–H and O–H groups in total. The van der Waals surface area contributed by atoms with Crippen molar-refractivity contribution in [2.45, 2.75) is 12.8 Å². The van der Waals surface area contributed by atoms with Gasteiger partial charge in [-0.3, -0.25) is 4.79 Å². The number of amides is 1. The Morgan fingerprint density at radius 1 is 1.67 bits per heavy atom. The van der Waals surface area contributed by atoms with Gasteiger partial charge in [0.2, 0.25) is 0 Å². The van der Waals surface area contributed by atoms with Crippen LogP contribution in [0.3, 0.4) is 0 Å². The van der Waals surface area contributed by atoms with Crippen LogP contribution in [0.5, 0.6) is 0 Å². The van der Waals surface area contributed by atoms with Gasteiger partial charge in [-0.25, -0.2) is 0 Å². The number of tetrazole rings is 1. The molecule has 7 nitrogen and oxygen atoms in total. The van der Waals surface area contributed by atoms with Crippen molar-refractivity contribution in [3.05, 3.63) is 5.82 Å². The van der Waals surface area contributed by atoms with Crippen LogP contribution in [0, 0.1) is 5.92 Å². The fourth-order valence-electron chi connectivity index (χ4n) is 1.54. The Morgan fingerprint density at radius 2 is 2.60 bits per heavy atom. The van der Waals surface area contributed by atoms with Gasteiger partial charge in [0.1, 0.15) is 0 Å². The Morgan fingerprint density at radius 3 is 3.27 bits per heavy atom. The van der Waals surface area contributed by atoms with Crippen molar-refractivity contribution in [3.63, 3.8) is 0 Å². The molecule has 1 atom stereocenters. The predicted octanol–water partition coefficient (Wildman–Crippen LogP) is -0.644. The van der Waals surface area contributed by atoms with Crippen LogP contribution in [0.2, 0.25) is 0 Å². The Bertz CT molecular complexity index is 307. The van der Waals surface area contributed by atoms with Crippen LogP contribution >= 0.6 is 0 Å². The first-order valence-electron chi connectivity index (χ1n) is 4.95. The monoisotopic (exact) mass is 211 g/mol. The molecule has 1 unspecified atom stereocenters. The number of rotatable bonds is 4. The molecule has 1 aliphatic heterocycles. The molecule has 1 fully saturated rings. The minimum absolute atomic E-state index is 0.0812. The van der Waals surface area contributed by atoms with E-state index in [0.29, 0.717) is 12.5 Å². The zero-order valence-electron chi connectivity index (χ0n) is 8.27. The molecular weight excluding hydrogens is 198 g/mol. The first-order chi connectivity index (χ1) is 7.36. The van der Waals surface area contributed by atoms with Crippen molar-refractivity contribution in [1.82, 2.24) is 25.9 Å². The largest absolute Gasteiger partial charge is 0.381 e. The molecule has 0 saturated carbocycles. The summed E-state index contributed by atoms with van der Waals surface area (Å²) < 4.78 is 5.23. The number of carbonyl (C=O) groups is 1. The zero-order chi connectivity index (χ0) is 10.5. The molecular formula is C8H13N5O2. The number of ether oxygens (including phenoxy) is 1. The van der Waals surface area contributed by atoms with E-state index in [1.54, 1.807) is 0 Å². The smallest absolute Gasteiger partial charge is 0.292 e. The van der Waals surface area contributed by atoms with E-state index in [2.05, 4.69) is 25.9 Å². The standard InChI is InChI=1S/C8H13N5O2/c14-8(7-10-12-13-11-7)9-3-1-6-2-4-15-5-6/h6H,1-5H2,(H,9,14)(H,10,11,12,13). The molecule has 82 valence electrons. The van der Waals surface area contributed by atoms with Crippen LogP contribution in [-0.4, -0.2) is 46.3 Å². The molecule has 1 aromatic heterocycles. The summed E-state index contributed by atoms with van der Waals surface area (Å²) in [5.41, 5.74) is 0. The molecule has 15 heavy (non-hydrogen) atoms. The minimum Gasteiger partial charge on any atom is -0.381 e. The fraction of sp³-hybridized carbons (Fsp3) is 0.750. The second-order valence-electron chi connectivity index (χ2n) is 3.51. The van der Waals surface area contributed by atoms with Crippen LogP contribution in [0.15, 0.2) is 0 Å². The molecule has 0 aromatic carbocycles. The van der Waals surface area contributed by atoms with Gasteiger partial charge < -0.3 is 10.1 Å². The van der Waals surface area contributed by atoms with E-state index < -0.39 is 0 Å². The quantitative estimate of drug-likeness (QED) is 0.690. The van der Waals surface area contributed by atoms with Gasteiger partial charge in [-0.2, -0.15) is 5.21 Å². The van der Waals surface area contributed by atoms with Gasteiger partial charge in [-0.1, -0.05) is 0 Å². The summed E-state index contributed by atoms with van der Waals surface area (Å²) in [6.45, 7) is 2.27. The third-order valence-corrected chi connectivity index (χ3v) is 2.41. The fourth-order valence-corrected chi connectivity index (χ4v) is 1.54. The molecule has 7 heteroatoms. The highest BCUT2D eigenvalue weighted by atomic mass is 16.5. The predicted molar refractivity (Wildman–Crippen MR) is 50.1 cm³/mol. The van der Waals surface area contributed by atoms with Gasteiger partial charge in [0.15, 0.2) is 0 Å². The maximum Gasteiger partial charge on any atom is 0.292 e. The molecule has 0 bridgehead atoms. The Kier molecular flexibility index (Phi) is 3.23. The van der Waals surface area contributed by atoms with Crippen molar-refractivity contribution < 1.29 is 9.53 Å². The average Bonchev–Trinajstić information content (AvgIpc) is 2.90. The van der Waals surface area contributed by atoms with Crippen LogP contribution < -0.4 is 5.32 Å². The second-order valence-corrected chi connectivity index (χ2v) is 3.51. The third kappa shape index (κ3) is 2.72. The zero-order valence-corrected chi connectivity index (χ0v) is 8.27. The maximum absolute atomic E-state index is 11.4. The molecule has 0 aliphatic carbocycles. The summed E-state index contributed by atoms with van der Waals surface area (Å²) in [5.74, 6) is 0.357. The van der Waals surface area contributed by atoms with Gasteiger partial charge >= 0.3 is 0 Å². The van der Waals surface area contributed by atoms with Gasteiger partial charge in [0.05, 0.1) is 0 Å². The van der Waals surface area contributed by atoms with E-state index >= 15 is 0 Å². The van der Waals surface area contributed by atoms with Crippen LogP contribution in [0.4, 0.5) is 0 Å². The average molecular weight is 211 g/mol. The summed E-state index contributed by atoms with van der Waals surface area (Å²) in [7, 11) is 0. The summed E-state index contributed by atoms with van der Waals surface area (Å²) >= 11 is 0. The van der Waals surface area contributed by atoms with Crippen molar-refractivity contribution in [1.29, 1.82) is 0 Å². The molecule has 0 radical (unpaired) electrons. The van der Waals surface area contributed by atoms with Gasteiger partial charge in [0, 0.05) is 19.8 Å². The highest BCUT2D eigenvalue weighted by Gasteiger charge is 2.16. The first kappa shape index (κ1) is 10.0. The van der Waals surface area contributed by atoms with Crippen molar-refractivity contribution in [2.75, 3.05) is 19.8 Å². The summed E-state index contributed by atoms with van der Waals surface area (Å²) in [4.78, 5) is 11.4. The minimum atomic E-state index is -0.289. The van der Waals surface area contributed by atoms with Crippen molar-refractivity contribution in [2.24, 2.45) is 5.92 Å². The van der Waals surface area contributed by atoms with E-state index in [9.17, 15) is 4.79 Å². The van der Waals surface area contributed by atoms with Gasteiger partial charge in [-0.05, 0) is 24.0 Å². The van der Waals surface area contributed by atoms with E-state index in [-0.39, 0.29) is 11.7 Å². The lowest BCUT2D eigenvalue weighted by molar-refractivity contribution is 0.0940. The number of nitrogens with zero attached hydrogens (tertiary/aromatic N) is 3. The third-order valence-electron chi connectivity index (χ3n) is 2.41. The lowest BCUT2D eigenvalue weighted by atomic mass is 10.1. The van der Waals surface area contributed by atoms with E-state index in [0.717, 1.165) is 26.1 Å². The molecule has 2 rings (SSSR count). The second kappa shape index (κ2) is 4.83. The molecule has 1 saturated heterocycles. The number of nitrogens with one attached hydrogen (secondary N) is 2. The molecule has 1 aliphatic rings. The lowest BCUT2D eigenvalue weighted by Crippen LogP contribution is -2.27. The van der Waals surface area contributed by atoms with Gasteiger partial charge in [0.25, 0.3) is 11.7 Å². The maximum atomic E-state index is 11.4. The first-order valence-corrected chi connectivity index (χ1v) is 4.95. The van der Waals surface area contributed by atoms with E-state index in [4.69, 9.17) is 4.74 Å². The SMILES string of the molecule is O=C(NCCC1CCOC1)c1nn[nH]n1. The van der Waals surface area contributed by atoms with E-state index in [1.807, 2.05) is 0 Å². The highest BCUT2D eigenvalue weighted by molar-refractivity contribution is 5.89. The summed E-state index contributed by atoms with van der Waals surface area (Å²) in [5, 5.41) is 15.4. The normalized spacial score (nSPS) is 20.4. The molecule has 1 aromatic rings. The van der Waals surface area contributed by atoms with Gasteiger partial charge in [-0.15, -0.1) is 10.2 Å².